The summed E-state index contributed by atoms with van der Waals surface area (Å²) in [4.78, 5) is 23.8. The number of carboxylic acid groups (broad SMARTS) is 1. The highest BCUT2D eigenvalue weighted by atomic mass is 16.5. The van der Waals surface area contributed by atoms with E-state index >= 15 is 0 Å². The third-order valence-electron chi connectivity index (χ3n) is 4.19. The lowest BCUT2D eigenvalue weighted by Gasteiger charge is -2.18. The molecule has 0 aliphatic heterocycles. The number of methoxy groups -OCH3 is 1. The van der Waals surface area contributed by atoms with Gasteiger partial charge in [-0.1, -0.05) is 12.1 Å². The molecular weight excluding hydrogens is 372 g/mol. The number of amides is 1. The lowest BCUT2D eigenvalue weighted by Crippen LogP contribution is -2.29. The number of aliphatic carboxylic acids is 1. The molecule has 0 saturated carbocycles. The third kappa shape index (κ3) is 6.33. The smallest absolute Gasteiger partial charge is 0.333 e. The van der Waals surface area contributed by atoms with Crippen LogP contribution in [-0.2, 0) is 22.5 Å². The van der Waals surface area contributed by atoms with Gasteiger partial charge in [0.25, 0.3) is 5.91 Å². The van der Waals surface area contributed by atoms with Crippen LogP contribution in [0.4, 0.5) is 0 Å². The summed E-state index contributed by atoms with van der Waals surface area (Å²) in [5.74, 6) is -0.718. The van der Waals surface area contributed by atoms with E-state index in [1.165, 1.54) is 7.11 Å². The monoisotopic (exact) mass is 396 g/mol. The third-order valence-corrected chi connectivity index (χ3v) is 4.19. The average Bonchev–Trinajstić information content (AvgIpc) is 2.71. The molecule has 2 rings (SSSR count). The Balaban J connectivity index is 2.12. The number of hydrogen-bond donors (Lipinski definition) is 2. The van der Waals surface area contributed by atoms with Crippen LogP contribution in [0.25, 0.3) is 0 Å². The molecule has 0 aliphatic rings. The lowest BCUT2D eigenvalue weighted by atomic mass is 10.0. The minimum absolute atomic E-state index is 0.202. The number of nitrogens with one attached hydrogen (secondary N) is 1. The maximum Gasteiger partial charge on any atom is 0.333 e. The lowest BCUT2D eigenvalue weighted by molar-refractivity contribution is -0.153. The van der Waals surface area contributed by atoms with Crippen LogP contribution in [0.5, 0.6) is 5.75 Å². The fraction of sp³-hybridized carbons (Fsp3) is 0.318. The fourth-order valence-electron chi connectivity index (χ4n) is 2.81. The van der Waals surface area contributed by atoms with Gasteiger partial charge in [-0.3, -0.25) is 4.79 Å². The quantitative estimate of drug-likeness (QED) is 0.675. The Hall–Kier alpha value is -3.37. The Bertz CT molecular complexity index is 900. The highest BCUT2D eigenvalue weighted by molar-refractivity contribution is 5.94. The summed E-state index contributed by atoms with van der Waals surface area (Å²) >= 11 is 0. The molecule has 0 spiro atoms. The van der Waals surface area contributed by atoms with Crippen molar-refractivity contribution in [1.82, 2.24) is 5.32 Å². The molecule has 7 heteroatoms. The highest BCUT2D eigenvalue weighted by Gasteiger charge is 2.21. The van der Waals surface area contributed by atoms with Gasteiger partial charge in [-0.25, -0.2) is 4.79 Å². The van der Waals surface area contributed by atoms with Crippen molar-refractivity contribution in [1.29, 1.82) is 5.26 Å². The molecule has 0 aromatic heterocycles. The van der Waals surface area contributed by atoms with Gasteiger partial charge in [-0.05, 0) is 49.7 Å². The van der Waals surface area contributed by atoms with E-state index in [-0.39, 0.29) is 25.0 Å². The maximum atomic E-state index is 12.4. The molecule has 152 valence electrons. The van der Waals surface area contributed by atoms with Crippen LogP contribution in [0.1, 0.15) is 40.9 Å². The summed E-state index contributed by atoms with van der Waals surface area (Å²) < 4.78 is 10.8. The number of carbonyl (C=O) groups excluding carboxylic acids is 1. The first-order valence-electron chi connectivity index (χ1n) is 9.16. The number of carboxylic acids is 1. The number of rotatable bonds is 9. The van der Waals surface area contributed by atoms with Gasteiger partial charge in [-0.2, -0.15) is 5.26 Å². The predicted molar refractivity (Wildman–Crippen MR) is 107 cm³/mol. The van der Waals surface area contributed by atoms with E-state index in [4.69, 9.17) is 14.7 Å². The van der Waals surface area contributed by atoms with Gasteiger partial charge in [0.1, 0.15) is 5.75 Å². The number of hydrogen-bond acceptors (Lipinski definition) is 5. The normalized spacial score (nSPS) is 11.6. The summed E-state index contributed by atoms with van der Waals surface area (Å²) in [5.41, 5.74) is 2.41. The van der Waals surface area contributed by atoms with Crippen LogP contribution in [0, 0.1) is 11.3 Å². The van der Waals surface area contributed by atoms with E-state index in [0.717, 1.165) is 11.1 Å². The van der Waals surface area contributed by atoms with Crippen LogP contribution in [0.2, 0.25) is 0 Å². The van der Waals surface area contributed by atoms with Gasteiger partial charge in [-0.15, -0.1) is 0 Å². The van der Waals surface area contributed by atoms with Crippen molar-refractivity contribution >= 4 is 11.9 Å². The Morgan fingerprint density at radius 3 is 2.41 bits per heavy atom. The number of ether oxygens (including phenoxy) is 2. The first-order chi connectivity index (χ1) is 13.8. The number of nitriles is 1. The zero-order valence-corrected chi connectivity index (χ0v) is 16.6. The van der Waals surface area contributed by atoms with Gasteiger partial charge in [0.2, 0.25) is 0 Å². The molecule has 0 radical (unpaired) electrons. The van der Waals surface area contributed by atoms with Crippen molar-refractivity contribution in [2.75, 3.05) is 7.11 Å². The summed E-state index contributed by atoms with van der Waals surface area (Å²) in [6, 6.07) is 13.7. The zero-order chi connectivity index (χ0) is 21.4. The Morgan fingerprint density at radius 1 is 1.17 bits per heavy atom. The van der Waals surface area contributed by atoms with E-state index in [1.807, 2.05) is 6.07 Å². The molecule has 7 nitrogen and oxygen atoms in total. The predicted octanol–water partition coefficient (Wildman–Crippen LogP) is 2.92. The van der Waals surface area contributed by atoms with E-state index < -0.39 is 12.1 Å². The van der Waals surface area contributed by atoms with Crippen LogP contribution in [0.3, 0.4) is 0 Å². The van der Waals surface area contributed by atoms with E-state index in [2.05, 4.69) is 5.32 Å². The van der Waals surface area contributed by atoms with Crippen molar-refractivity contribution in [2.45, 2.75) is 39.0 Å². The molecule has 2 N–H and O–H groups in total. The number of nitrogens with zero attached hydrogens (tertiary/aromatic N) is 1. The molecule has 1 atom stereocenters. The highest BCUT2D eigenvalue weighted by Crippen LogP contribution is 2.21. The molecular formula is C22H24N2O5. The molecule has 0 heterocycles. The Kier molecular flexibility index (Phi) is 7.75. The average molecular weight is 396 g/mol. The molecule has 0 fully saturated rings. The molecule has 29 heavy (non-hydrogen) atoms. The first-order valence-corrected chi connectivity index (χ1v) is 9.16. The van der Waals surface area contributed by atoms with E-state index in [0.29, 0.717) is 16.9 Å². The van der Waals surface area contributed by atoms with Gasteiger partial charge < -0.3 is 19.9 Å². The molecule has 1 amide bonds. The second kappa shape index (κ2) is 10.2. The van der Waals surface area contributed by atoms with Crippen molar-refractivity contribution < 1.29 is 24.2 Å². The first kappa shape index (κ1) is 21.9. The Labute approximate surface area is 169 Å². The molecule has 1 unspecified atom stereocenters. The van der Waals surface area contributed by atoms with Gasteiger partial charge in [0, 0.05) is 24.1 Å². The van der Waals surface area contributed by atoms with Crippen LogP contribution < -0.4 is 10.1 Å². The van der Waals surface area contributed by atoms with Crippen LogP contribution >= 0.6 is 0 Å². The van der Waals surface area contributed by atoms with Crippen molar-refractivity contribution in [2.24, 2.45) is 0 Å². The largest absolute Gasteiger partial charge is 0.496 e. The molecule has 0 saturated heterocycles. The Morgan fingerprint density at radius 2 is 1.86 bits per heavy atom. The van der Waals surface area contributed by atoms with Crippen LogP contribution in [0.15, 0.2) is 42.5 Å². The number of carbonyl (C=O) groups is 2. The molecule has 2 aromatic carbocycles. The van der Waals surface area contributed by atoms with E-state index in [1.54, 1.807) is 56.3 Å². The van der Waals surface area contributed by atoms with Gasteiger partial charge in [0.05, 0.1) is 24.8 Å². The van der Waals surface area contributed by atoms with Crippen molar-refractivity contribution in [3.05, 3.63) is 64.7 Å². The standard InChI is InChI=1S/C22H24N2O5/c1-14(2)29-20(22(26)27)11-16-6-9-19(28-3)18(10-16)13-24-21(25)17-7-4-15(12-23)5-8-17/h4-10,14,20H,11,13H2,1-3H3,(H,24,25)(H,26,27). The minimum atomic E-state index is -1.02. The minimum Gasteiger partial charge on any atom is -0.496 e. The summed E-state index contributed by atoms with van der Waals surface area (Å²) in [6.07, 6.45) is -0.960. The van der Waals surface area contributed by atoms with Crippen molar-refractivity contribution in [3.63, 3.8) is 0 Å². The second-order valence-electron chi connectivity index (χ2n) is 6.73. The molecule has 0 bridgehead atoms. The maximum absolute atomic E-state index is 12.4. The second-order valence-corrected chi connectivity index (χ2v) is 6.73. The van der Waals surface area contributed by atoms with Gasteiger partial charge in [0.15, 0.2) is 6.10 Å². The fourth-order valence-corrected chi connectivity index (χ4v) is 2.81. The summed E-state index contributed by atoms with van der Waals surface area (Å²) in [5, 5.41) is 21.0. The zero-order valence-electron chi connectivity index (χ0n) is 16.6. The summed E-state index contributed by atoms with van der Waals surface area (Å²) in [6.45, 7) is 3.78. The van der Waals surface area contributed by atoms with Crippen LogP contribution in [-0.4, -0.2) is 36.3 Å². The van der Waals surface area contributed by atoms with E-state index in [9.17, 15) is 14.7 Å². The topological polar surface area (TPSA) is 109 Å². The summed E-state index contributed by atoms with van der Waals surface area (Å²) in [7, 11) is 1.53. The molecule has 0 aliphatic carbocycles. The van der Waals surface area contributed by atoms with Crippen molar-refractivity contribution in [3.8, 4) is 11.8 Å². The number of benzene rings is 2. The SMILES string of the molecule is COc1ccc(CC(OC(C)C)C(=O)O)cc1CNC(=O)c1ccc(C#N)cc1. The molecule has 2 aromatic rings. The van der Waals surface area contributed by atoms with Gasteiger partial charge >= 0.3 is 5.97 Å².